The highest BCUT2D eigenvalue weighted by Gasteiger charge is 2.23. The van der Waals surface area contributed by atoms with Crippen LogP contribution in [0.2, 0.25) is 0 Å². The van der Waals surface area contributed by atoms with Gasteiger partial charge in [-0.1, -0.05) is 0 Å². The molecule has 0 spiro atoms. The van der Waals surface area contributed by atoms with E-state index in [0.717, 1.165) is 25.9 Å². The topological polar surface area (TPSA) is 125 Å². The maximum Gasteiger partial charge on any atom is 0.335 e. The Hall–Kier alpha value is -3.53. The number of anilines is 2. The molecule has 3 rings (SSSR count). The Kier molecular flexibility index (Phi) is 6.26. The van der Waals surface area contributed by atoms with E-state index >= 15 is 0 Å². The summed E-state index contributed by atoms with van der Waals surface area (Å²) in [6.07, 6.45) is 1.98. The van der Waals surface area contributed by atoms with Gasteiger partial charge in [0, 0.05) is 30.9 Å². The first-order chi connectivity index (χ1) is 14.3. The molecule has 0 bridgehead atoms. The molecule has 9 nitrogen and oxygen atoms in total. The average Bonchev–Trinajstić information content (AvgIpc) is 3.23. The zero-order valence-electron chi connectivity index (χ0n) is 16.2. The zero-order valence-corrected chi connectivity index (χ0v) is 17.0. The highest BCUT2D eigenvalue weighted by molar-refractivity contribution is 7.80. The molecule has 0 saturated carbocycles. The Balaban J connectivity index is 1.79. The normalized spacial score (nSPS) is 13.0. The highest BCUT2D eigenvalue weighted by atomic mass is 32.1. The van der Waals surface area contributed by atoms with Crippen molar-refractivity contribution < 1.29 is 19.6 Å². The van der Waals surface area contributed by atoms with Crippen LogP contribution in [0.4, 0.5) is 17.1 Å². The number of non-ortho nitro benzene ring substituents is 1. The summed E-state index contributed by atoms with van der Waals surface area (Å²) in [7, 11) is 0. The van der Waals surface area contributed by atoms with Crippen molar-refractivity contribution in [2.45, 2.75) is 19.8 Å². The summed E-state index contributed by atoms with van der Waals surface area (Å²) in [5, 5.41) is 25.6. The Morgan fingerprint density at radius 1 is 1.17 bits per heavy atom. The minimum Gasteiger partial charge on any atom is -0.478 e. The van der Waals surface area contributed by atoms with E-state index in [1.807, 2.05) is 4.90 Å². The van der Waals surface area contributed by atoms with Crippen LogP contribution in [-0.2, 0) is 0 Å². The third-order valence-corrected chi connectivity index (χ3v) is 5.04. The van der Waals surface area contributed by atoms with E-state index in [2.05, 4.69) is 10.6 Å². The van der Waals surface area contributed by atoms with Crippen LogP contribution in [0.3, 0.4) is 0 Å². The van der Waals surface area contributed by atoms with Gasteiger partial charge in [-0.15, -0.1) is 0 Å². The van der Waals surface area contributed by atoms with Crippen molar-refractivity contribution >= 4 is 46.3 Å². The quantitative estimate of drug-likeness (QED) is 0.376. The molecule has 0 atom stereocenters. The van der Waals surface area contributed by atoms with Crippen LogP contribution in [0, 0.1) is 17.0 Å². The Bertz CT molecular complexity index is 1030. The highest BCUT2D eigenvalue weighted by Crippen LogP contribution is 2.28. The molecule has 0 aromatic heterocycles. The van der Waals surface area contributed by atoms with Gasteiger partial charge >= 0.3 is 5.97 Å². The van der Waals surface area contributed by atoms with Gasteiger partial charge in [0.2, 0.25) is 0 Å². The number of thiocarbonyl (C=S) groups is 1. The molecule has 1 heterocycles. The molecule has 10 heteroatoms. The van der Waals surface area contributed by atoms with Gasteiger partial charge in [0.05, 0.1) is 21.7 Å². The van der Waals surface area contributed by atoms with Gasteiger partial charge in [0.1, 0.15) is 0 Å². The number of benzene rings is 2. The summed E-state index contributed by atoms with van der Waals surface area (Å²) in [5.74, 6) is -1.60. The molecule has 1 fully saturated rings. The first-order valence-electron chi connectivity index (χ1n) is 9.26. The maximum absolute atomic E-state index is 12.9. The molecule has 30 heavy (non-hydrogen) atoms. The number of nitro benzene ring substituents is 1. The van der Waals surface area contributed by atoms with Crippen LogP contribution < -0.4 is 15.5 Å². The van der Waals surface area contributed by atoms with Gasteiger partial charge in [-0.25, -0.2) is 4.79 Å². The molecule has 1 amide bonds. The Morgan fingerprint density at radius 2 is 1.87 bits per heavy atom. The number of carbonyl (C=O) groups is 2. The van der Waals surface area contributed by atoms with Gasteiger partial charge in [-0.05, 0) is 61.8 Å². The second-order valence-electron chi connectivity index (χ2n) is 6.90. The number of nitro groups is 1. The fraction of sp³-hybridized carbons (Fsp3) is 0.250. The summed E-state index contributed by atoms with van der Waals surface area (Å²) in [5.41, 5.74) is 1.94. The van der Waals surface area contributed by atoms with Gasteiger partial charge in [-0.2, -0.15) is 0 Å². The van der Waals surface area contributed by atoms with Crippen LogP contribution in [0.1, 0.15) is 39.1 Å². The fourth-order valence-corrected chi connectivity index (χ4v) is 3.52. The lowest BCUT2D eigenvalue weighted by molar-refractivity contribution is -0.384. The zero-order chi connectivity index (χ0) is 21.8. The summed E-state index contributed by atoms with van der Waals surface area (Å²) >= 11 is 5.21. The van der Waals surface area contributed by atoms with Crippen molar-refractivity contribution in [1.82, 2.24) is 5.32 Å². The molecular formula is C20H20N4O5S. The summed E-state index contributed by atoms with van der Waals surface area (Å²) in [6, 6.07) is 8.69. The number of hydrogen-bond acceptors (Lipinski definition) is 6. The largest absolute Gasteiger partial charge is 0.478 e. The van der Waals surface area contributed by atoms with Gasteiger partial charge < -0.3 is 15.3 Å². The van der Waals surface area contributed by atoms with Gasteiger partial charge in [-0.3, -0.25) is 20.2 Å². The first-order valence-corrected chi connectivity index (χ1v) is 9.67. The van der Waals surface area contributed by atoms with Crippen LogP contribution in [0.5, 0.6) is 0 Å². The third-order valence-electron chi connectivity index (χ3n) is 4.83. The number of nitrogens with one attached hydrogen (secondary N) is 2. The van der Waals surface area contributed by atoms with Crippen molar-refractivity contribution in [3.05, 3.63) is 63.2 Å². The molecule has 1 aliphatic heterocycles. The molecule has 0 aliphatic carbocycles. The van der Waals surface area contributed by atoms with E-state index in [9.17, 15) is 19.7 Å². The van der Waals surface area contributed by atoms with Gasteiger partial charge in [0.25, 0.3) is 11.6 Å². The molecule has 0 unspecified atom stereocenters. The number of hydrogen-bond donors (Lipinski definition) is 3. The number of carboxylic acid groups (broad SMARTS) is 1. The van der Waals surface area contributed by atoms with Crippen LogP contribution in [0.25, 0.3) is 0 Å². The Labute approximate surface area is 177 Å². The van der Waals surface area contributed by atoms with Crippen molar-refractivity contribution in [3.63, 3.8) is 0 Å². The van der Waals surface area contributed by atoms with Crippen molar-refractivity contribution in [2.75, 3.05) is 23.3 Å². The molecule has 3 N–H and O–H groups in total. The summed E-state index contributed by atoms with van der Waals surface area (Å²) < 4.78 is 0. The summed E-state index contributed by atoms with van der Waals surface area (Å²) in [6.45, 7) is 3.26. The number of amides is 1. The molecule has 2 aromatic rings. The minimum atomic E-state index is -1.04. The SMILES string of the molecule is Cc1cc(C(=O)O)ccc1NC(=S)NC(=O)c1cc([N+](=O)[O-])ccc1N1CCCC1. The van der Waals surface area contributed by atoms with E-state index in [-0.39, 0.29) is 21.9 Å². The van der Waals surface area contributed by atoms with Crippen LogP contribution in [0.15, 0.2) is 36.4 Å². The van der Waals surface area contributed by atoms with Crippen LogP contribution >= 0.6 is 12.2 Å². The number of carboxylic acids is 1. The predicted molar refractivity (Wildman–Crippen MR) is 116 cm³/mol. The molecule has 1 aliphatic rings. The van der Waals surface area contributed by atoms with Crippen LogP contribution in [-0.4, -0.2) is 40.1 Å². The lowest BCUT2D eigenvalue weighted by atomic mass is 10.1. The molecule has 156 valence electrons. The van der Waals surface area contributed by atoms with Crippen molar-refractivity contribution in [3.8, 4) is 0 Å². The minimum absolute atomic E-state index is 0.00468. The van der Waals surface area contributed by atoms with Crippen molar-refractivity contribution in [2.24, 2.45) is 0 Å². The summed E-state index contributed by atoms with van der Waals surface area (Å²) in [4.78, 5) is 36.5. The van der Waals surface area contributed by atoms with E-state index in [1.165, 1.54) is 24.3 Å². The van der Waals surface area contributed by atoms with E-state index in [4.69, 9.17) is 17.3 Å². The number of nitrogens with zero attached hydrogens (tertiary/aromatic N) is 2. The smallest absolute Gasteiger partial charge is 0.335 e. The predicted octanol–water partition coefficient (Wildman–Crippen LogP) is 3.33. The monoisotopic (exact) mass is 428 g/mol. The molecular weight excluding hydrogens is 408 g/mol. The van der Waals surface area contributed by atoms with E-state index < -0.39 is 16.8 Å². The number of rotatable bonds is 5. The number of carbonyl (C=O) groups excluding carboxylic acids is 1. The van der Waals surface area contributed by atoms with E-state index in [1.54, 1.807) is 19.1 Å². The standard InChI is InChI=1S/C20H20N4O5S/c1-12-10-13(19(26)27)4-6-16(12)21-20(30)22-18(25)15-11-14(24(28)29)5-7-17(15)23-8-2-3-9-23/h4-7,10-11H,2-3,8-9H2,1H3,(H,26,27)(H2,21,22,25,30). The molecule has 2 aromatic carbocycles. The van der Waals surface area contributed by atoms with Crippen molar-refractivity contribution in [1.29, 1.82) is 0 Å². The molecule has 0 radical (unpaired) electrons. The fourth-order valence-electron chi connectivity index (χ4n) is 3.31. The van der Waals surface area contributed by atoms with Gasteiger partial charge in [0.15, 0.2) is 5.11 Å². The second-order valence-corrected chi connectivity index (χ2v) is 7.30. The maximum atomic E-state index is 12.9. The van der Waals surface area contributed by atoms with E-state index in [0.29, 0.717) is 16.9 Å². The first kappa shape index (κ1) is 21.2. The lowest BCUT2D eigenvalue weighted by Crippen LogP contribution is -2.35. The average molecular weight is 428 g/mol. The lowest BCUT2D eigenvalue weighted by Gasteiger charge is -2.21. The Morgan fingerprint density at radius 3 is 2.47 bits per heavy atom. The number of aromatic carboxylic acids is 1. The third kappa shape index (κ3) is 4.71. The number of aryl methyl sites for hydroxylation is 1. The molecule has 1 saturated heterocycles. The second kappa shape index (κ2) is 8.87.